The van der Waals surface area contributed by atoms with E-state index in [1.807, 2.05) is 17.8 Å². The van der Waals surface area contributed by atoms with Crippen LogP contribution in [0.2, 0.25) is 0 Å². The Labute approximate surface area is 109 Å². The molecule has 0 amide bonds. The van der Waals surface area contributed by atoms with Crippen molar-refractivity contribution in [2.45, 2.75) is 19.4 Å². The van der Waals surface area contributed by atoms with Gasteiger partial charge in [-0.2, -0.15) is 11.8 Å². The molecule has 1 nitrogen and oxygen atoms in total. The number of nitrogens with one attached hydrogen (secondary N) is 1. The lowest BCUT2D eigenvalue weighted by Gasteiger charge is -2.17. The van der Waals surface area contributed by atoms with Gasteiger partial charge in [0.05, 0.1) is 4.47 Å². The maximum Gasteiger partial charge on any atom is 0.137 e. The van der Waals surface area contributed by atoms with E-state index in [4.69, 9.17) is 0 Å². The monoisotopic (exact) mass is 305 g/mol. The zero-order valence-electron chi connectivity index (χ0n) is 9.59. The molecule has 0 spiro atoms. The maximum atomic E-state index is 13.3. The van der Waals surface area contributed by atoms with Crippen molar-refractivity contribution in [1.82, 2.24) is 5.32 Å². The van der Waals surface area contributed by atoms with E-state index in [1.165, 1.54) is 6.07 Å². The minimum atomic E-state index is -0.183. The molecule has 1 atom stereocenters. The highest BCUT2D eigenvalue weighted by Gasteiger charge is 2.11. The quantitative estimate of drug-likeness (QED) is 0.863. The summed E-state index contributed by atoms with van der Waals surface area (Å²) in [6.45, 7) is 3.03. The van der Waals surface area contributed by atoms with Crippen molar-refractivity contribution in [1.29, 1.82) is 0 Å². The predicted octanol–water partition coefficient (Wildman–Crippen LogP) is 3.47. The van der Waals surface area contributed by atoms with Crippen LogP contribution in [0.5, 0.6) is 0 Å². The van der Waals surface area contributed by atoms with E-state index >= 15 is 0 Å². The van der Waals surface area contributed by atoms with Gasteiger partial charge in [0.15, 0.2) is 0 Å². The van der Waals surface area contributed by atoms with Crippen molar-refractivity contribution >= 4 is 27.7 Å². The average Bonchev–Trinajstić information content (AvgIpc) is 2.25. The minimum Gasteiger partial charge on any atom is -0.313 e. The molecule has 1 unspecified atom stereocenters. The van der Waals surface area contributed by atoms with Gasteiger partial charge in [-0.25, -0.2) is 4.39 Å². The number of rotatable bonds is 6. The maximum absolute atomic E-state index is 13.3. The Bertz CT molecular complexity index is 327. The van der Waals surface area contributed by atoms with Gasteiger partial charge in [0.1, 0.15) is 5.82 Å². The van der Waals surface area contributed by atoms with Crippen molar-refractivity contribution in [3.05, 3.63) is 34.1 Å². The molecule has 0 saturated heterocycles. The third-order valence-electron chi connectivity index (χ3n) is 2.36. The van der Waals surface area contributed by atoms with E-state index in [1.54, 1.807) is 6.07 Å². The average molecular weight is 306 g/mol. The Balaban J connectivity index is 2.72. The van der Waals surface area contributed by atoms with Crippen molar-refractivity contribution in [2.75, 3.05) is 18.6 Å². The number of thioether (sulfide) groups is 1. The van der Waals surface area contributed by atoms with Gasteiger partial charge < -0.3 is 5.32 Å². The zero-order chi connectivity index (χ0) is 12.0. The van der Waals surface area contributed by atoms with Crippen molar-refractivity contribution < 1.29 is 4.39 Å². The summed E-state index contributed by atoms with van der Waals surface area (Å²) in [5, 5.41) is 3.41. The second-order valence-corrected chi connectivity index (χ2v) is 5.33. The van der Waals surface area contributed by atoms with Gasteiger partial charge in [-0.15, -0.1) is 0 Å². The van der Waals surface area contributed by atoms with Crippen LogP contribution in [-0.2, 0) is 6.42 Å². The van der Waals surface area contributed by atoms with Crippen molar-refractivity contribution in [2.24, 2.45) is 0 Å². The first kappa shape index (κ1) is 14.0. The Hall–Kier alpha value is -0.0600. The highest BCUT2D eigenvalue weighted by molar-refractivity contribution is 9.10. The standard InChI is InChI=1S/C12H17BrFNS/c1-3-15-10(8-16-2)7-9-5-4-6-11(14)12(9)13/h4-6,10,15H,3,7-8H2,1-2H3. The van der Waals surface area contributed by atoms with E-state index in [2.05, 4.69) is 34.4 Å². The van der Waals surface area contributed by atoms with Crippen LogP contribution < -0.4 is 5.32 Å². The van der Waals surface area contributed by atoms with Gasteiger partial charge in [-0.05, 0) is 46.8 Å². The van der Waals surface area contributed by atoms with Gasteiger partial charge in [0, 0.05) is 11.8 Å². The van der Waals surface area contributed by atoms with E-state index < -0.39 is 0 Å². The molecule has 0 aliphatic carbocycles. The topological polar surface area (TPSA) is 12.0 Å². The number of halogens is 2. The molecule has 4 heteroatoms. The lowest BCUT2D eigenvalue weighted by Crippen LogP contribution is -2.33. The molecule has 16 heavy (non-hydrogen) atoms. The van der Waals surface area contributed by atoms with E-state index in [0.29, 0.717) is 10.5 Å². The van der Waals surface area contributed by atoms with Gasteiger partial charge in [-0.1, -0.05) is 19.1 Å². The summed E-state index contributed by atoms with van der Waals surface area (Å²) in [6.07, 6.45) is 2.94. The molecular formula is C12H17BrFNS. The van der Waals surface area contributed by atoms with Crippen LogP contribution in [0.4, 0.5) is 4.39 Å². The Morgan fingerprint density at radius 1 is 1.50 bits per heavy atom. The van der Waals surface area contributed by atoms with Crippen LogP contribution in [0.1, 0.15) is 12.5 Å². The summed E-state index contributed by atoms with van der Waals surface area (Å²) in [7, 11) is 0. The SMILES string of the molecule is CCNC(CSC)Cc1cccc(F)c1Br. The highest BCUT2D eigenvalue weighted by Crippen LogP contribution is 2.22. The van der Waals surface area contributed by atoms with Crippen molar-refractivity contribution in [3.8, 4) is 0 Å². The van der Waals surface area contributed by atoms with E-state index in [9.17, 15) is 4.39 Å². The first-order valence-electron chi connectivity index (χ1n) is 5.34. The molecule has 0 aromatic heterocycles. The second-order valence-electron chi connectivity index (χ2n) is 3.63. The van der Waals surface area contributed by atoms with Crippen molar-refractivity contribution in [3.63, 3.8) is 0 Å². The summed E-state index contributed by atoms with van der Waals surface area (Å²) in [5.41, 5.74) is 1.03. The number of hydrogen-bond donors (Lipinski definition) is 1. The summed E-state index contributed by atoms with van der Waals surface area (Å²) >= 11 is 5.11. The molecular weight excluding hydrogens is 289 g/mol. The van der Waals surface area contributed by atoms with Gasteiger partial charge in [-0.3, -0.25) is 0 Å². The molecule has 0 aliphatic rings. The first-order valence-corrected chi connectivity index (χ1v) is 7.53. The Morgan fingerprint density at radius 3 is 2.88 bits per heavy atom. The van der Waals surface area contributed by atoms with Crippen LogP contribution in [0.3, 0.4) is 0 Å². The number of benzene rings is 1. The Kier molecular flexibility index (Phi) is 6.39. The van der Waals surface area contributed by atoms with Crippen LogP contribution in [0.25, 0.3) is 0 Å². The van der Waals surface area contributed by atoms with E-state index in [0.717, 1.165) is 24.3 Å². The molecule has 1 aromatic carbocycles. The summed E-state index contributed by atoms with van der Waals surface area (Å²) < 4.78 is 13.9. The molecule has 0 radical (unpaired) electrons. The van der Waals surface area contributed by atoms with Crippen LogP contribution in [-0.4, -0.2) is 24.6 Å². The molecule has 0 heterocycles. The normalized spacial score (nSPS) is 12.8. The van der Waals surface area contributed by atoms with Crippen LogP contribution in [0.15, 0.2) is 22.7 Å². The molecule has 90 valence electrons. The fourth-order valence-electron chi connectivity index (χ4n) is 1.65. The van der Waals surface area contributed by atoms with Crippen LogP contribution >= 0.6 is 27.7 Å². The highest BCUT2D eigenvalue weighted by atomic mass is 79.9. The minimum absolute atomic E-state index is 0.183. The number of likely N-dealkylation sites (N-methyl/N-ethyl adjacent to an activating group) is 1. The third-order valence-corrected chi connectivity index (χ3v) is 3.98. The predicted molar refractivity (Wildman–Crippen MR) is 73.7 cm³/mol. The van der Waals surface area contributed by atoms with Gasteiger partial charge >= 0.3 is 0 Å². The number of hydrogen-bond acceptors (Lipinski definition) is 2. The summed E-state index contributed by atoms with van der Waals surface area (Å²) in [4.78, 5) is 0. The molecule has 1 rings (SSSR count). The largest absolute Gasteiger partial charge is 0.313 e. The summed E-state index contributed by atoms with van der Waals surface area (Å²) in [5.74, 6) is 0.855. The fraction of sp³-hybridized carbons (Fsp3) is 0.500. The zero-order valence-corrected chi connectivity index (χ0v) is 12.0. The van der Waals surface area contributed by atoms with Crippen LogP contribution in [0, 0.1) is 5.82 Å². The molecule has 1 N–H and O–H groups in total. The molecule has 0 bridgehead atoms. The van der Waals surface area contributed by atoms with E-state index in [-0.39, 0.29) is 5.82 Å². The molecule has 0 fully saturated rings. The second kappa shape index (κ2) is 7.30. The van der Waals surface area contributed by atoms with Gasteiger partial charge in [0.2, 0.25) is 0 Å². The summed E-state index contributed by atoms with van der Waals surface area (Å²) in [6, 6.07) is 5.61. The first-order chi connectivity index (χ1) is 7.69. The third kappa shape index (κ3) is 4.07. The lowest BCUT2D eigenvalue weighted by molar-refractivity contribution is 0.566. The molecule has 0 saturated carbocycles. The molecule has 1 aromatic rings. The van der Waals surface area contributed by atoms with Gasteiger partial charge in [0.25, 0.3) is 0 Å². The fourth-order valence-corrected chi connectivity index (χ4v) is 2.72. The lowest BCUT2D eigenvalue weighted by atomic mass is 10.1. The molecule has 0 aliphatic heterocycles. The Morgan fingerprint density at radius 2 is 2.25 bits per heavy atom. The smallest absolute Gasteiger partial charge is 0.137 e.